The van der Waals surface area contributed by atoms with Gasteiger partial charge in [-0.1, -0.05) is 0 Å². The van der Waals surface area contributed by atoms with Gasteiger partial charge in [-0.05, 0) is 26.0 Å². The fraction of sp³-hybridized carbons (Fsp3) is 0.364. The van der Waals surface area contributed by atoms with Crippen molar-refractivity contribution in [3.63, 3.8) is 0 Å². The first-order valence-corrected chi connectivity index (χ1v) is 5.43. The molecule has 0 aliphatic heterocycles. The molecule has 0 bridgehead atoms. The van der Waals surface area contributed by atoms with Gasteiger partial charge in [0.1, 0.15) is 0 Å². The van der Waals surface area contributed by atoms with Crippen LogP contribution in [0.5, 0.6) is 0 Å². The maximum Gasteiger partial charge on any atom is 0.244 e. The number of pyridine rings is 1. The van der Waals surface area contributed by atoms with Crippen LogP contribution >= 0.6 is 0 Å². The first-order valence-electron chi connectivity index (χ1n) is 5.43. The van der Waals surface area contributed by atoms with E-state index in [1.807, 2.05) is 12.1 Å². The highest BCUT2D eigenvalue weighted by Gasteiger charge is 2.09. The second-order valence-corrected chi connectivity index (χ2v) is 3.39. The maximum atomic E-state index is 4.45. The molecule has 0 aliphatic rings. The van der Waals surface area contributed by atoms with Crippen LogP contribution in [0.4, 0.5) is 5.95 Å². The lowest BCUT2D eigenvalue weighted by molar-refractivity contribution is 0.824. The molecular formula is C11H15N5. The van der Waals surface area contributed by atoms with E-state index in [0.29, 0.717) is 0 Å². The molecular weight excluding hydrogens is 202 g/mol. The monoisotopic (exact) mass is 217 g/mol. The molecule has 0 fully saturated rings. The molecule has 0 atom stereocenters. The van der Waals surface area contributed by atoms with Crippen molar-refractivity contribution in [2.45, 2.75) is 13.8 Å². The summed E-state index contributed by atoms with van der Waals surface area (Å²) in [5.41, 5.74) is 1.00. The van der Waals surface area contributed by atoms with Crippen molar-refractivity contribution in [3.05, 3.63) is 24.5 Å². The second-order valence-electron chi connectivity index (χ2n) is 3.39. The minimum absolute atomic E-state index is 0.747. The van der Waals surface area contributed by atoms with Crippen molar-refractivity contribution in [3.8, 4) is 11.4 Å². The highest BCUT2D eigenvalue weighted by molar-refractivity contribution is 5.55. The van der Waals surface area contributed by atoms with Crippen LogP contribution in [-0.4, -0.2) is 33.3 Å². The zero-order chi connectivity index (χ0) is 11.4. The lowest BCUT2D eigenvalue weighted by atomic mass is 10.3. The lowest BCUT2D eigenvalue weighted by Gasteiger charge is -2.14. The number of rotatable bonds is 4. The smallest absolute Gasteiger partial charge is 0.244 e. The Balaban J connectivity index is 2.26. The molecule has 0 unspecified atom stereocenters. The summed E-state index contributed by atoms with van der Waals surface area (Å²) < 4.78 is 0. The summed E-state index contributed by atoms with van der Waals surface area (Å²) in [6, 6.07) is 3.82. The molecule has 0 spiro atoms. The van der Waals surface area contributed by atoms with Crippen molar-refractivity contribution >= 4 is 5.95 Å². The van der Waals surface area contributed by atoms with Crippen LogP contribution in [-0.2, 0) is 0 Å². The van der Waals surface area contributed by atoms with Gasteiger partial charge in [0.2, 0.25) is 5.95 Å². The standard InChI is InChI=1S/C11H15N5/c1-3-16(4-2)11-13-10(14-15-11)9-5-7-12-8-6-9/h5-8H,3-4H2,1-2H3,(H,13,14,15). The fourth-order valence-corrected chi connectivity index (χ4v) is 1.54. The Morgan fingerprint density at radius 2 is 1.88 bits per heavy atom. The predicted molar refractivity (Wildman–Crippen MR) is 63.2 cm³/mol. The van der Waals surface area contributed by atoms with E-state index in [1.165, 1.54) is 0 Å². The van der Waals surface area contributed by atoms with Gasteiger partial charge in [0.15, 0.2) is 5.82 Å². The lowest BCUT2D eigenvalue weighted by Crippen LogP contribution is -2.22. The Morgan fingerprint density at radius 3 is 2.50 bits per heavy atom. The summed E-state index contributed by atoms with van der Waals surface area (Å²) >= 11 is 0. The summed E-state index contributed by atoms with van der Waals surface area (Å²) in [5.74, 6) is 1.53. The molecule has 0 saturated heterocycles. The van der Waals surface area contributed by atoms with E-state index < -0.39 is 0 Å². The van der Waals surface area contributed by atoms with Crippen LogP contribution in [0, 0.1) is 0 Å². The Morgan fingerprint density at radius 1 is 1.19 bits per heavy atom. The molecule has 0 aromatic carbocycles. The minimum Gasteiger partial charge on any atom is -0.340 e. The van der Waals surface area contributed by atoms with Crippen LogP contribution in [0.25, 0.3) is 11.4 Å². The number of nitrogens with one attached hydrogen (secondary N) is 1. The van der Waals surface area contributed by atoms with E-state index in [2.05, 4.69) is 38.9 Å². The number of hydrogen-bond donors (Lipinski definition) is 1. The molecule has 16 heavy (non-hydrogen) atoms. The Labute approximate surface area is 94.5 Å². The van der Waals surface area contributed by atoms with Crippen molar-refractivity contribution in [2.24, 2.45) is 0 Å². The highest BCUT2D eigenvalue weighted by atomic mass is 15.4. The Kier molecular flexibility index (Phi) is 3.14. The summed E-state index contributed by atoms with van der Waals surface area (Å²) in [4.78, 5) is 10.5. The molecule has 84 valence electrons. The first-order chi connectivity index (χ1) is 7.85. The summed E-state index contributed by atoms with van der Waals surface area (Å²) in [6.45, 7) is 5.99. The average molecular weight is 217 g/mol. The molecule has 5 heteroatoms. The number of nitrogens with zero attached hydrogens (tertiary/aromatic N) is 4. The molecule has 0 radical (unpaired) electrons. The van der Waals surface area contributed by atoms with Crippen LogP contribution < -0.4 is 4.90 Å². The molecule has 1 N–H and O–H groups in total. The van der Waals surface area contributed by atoms with E-state index >= 15 is 0 Å². The normalized spacial score (nSPS) is 10.4. The molecule has 2 aromatic rings. The van der Waals surface area contributed by atoms with Gasteiger partial charge in [-0.15, -0.1) is 5.10 Å². The highest BCUT2D eigenvalue weighted by Crippen LogP contribution is 2.16. The molecule has 2 heterocycles. The van der Waals surface area contributed by atoms with Crippen molar-refractivity contribution in [2.75, 3.05) is 18.0 Å². The third-order valence-corrected chi connectivity index (χ3v) is 2.47. The van der Waals surface area contributed by atoms with Crippen molar-refractivity contribution in [1.29, 1.82) is 0 Å². The van der Waals surface area contributed by atoms with Crippen LogP contribution in [0.3, 0.4) is 0 Å². The number of anilines is 1. The van der Waals surface area contributed by atoms with E-state index in [9.17, 15) is 0 Å². The van der Waals surface area contributed by atoms with Crippen LogP contribution in [0.2, 0.25) is 0 Å². The van der Waals surface area contributed by atoms with E-state index in [1.54, 1.807) is 12.4 Å². The fourth-order valence-electron chi connectivity index (χ4n) is 1.54. The van der Waals surface area contributed by atoms with Gasteiger partial charge in [-0.25, -0.2) is 0 Å². The van der Waals surface area contributed by atoms with Gasteiger partial charge >= 0.3 is 0 Å². The number of hydrogen-bond acceptors (Lipinski definition) is 4. The molecule has 0 aliphatic carbocycles. The zero-order valence-electron chi connectivity index (χ0n) is 9.51. The van der Waals surface area contributed by atoms with E-state index in [0.717, 1.165) is 30.4 Å². The molecule has 2 rings (SSSR count). The maximum absolute atomic E-state index is 4.45. The molecule has 0 saturated carbocycles. The second kappa shape index (κ2) is 4.74. The van der Waals surface area contributed by atoms with Crippen molar-refractivity contribution in [1.82, 2.24) is 20.2 Å². The van der Waals surface area contributed by atoms with Crippen LogP contribution in [0.15, 0.2) is 24.5 Å². The summed E-state index contributed by atoms with van der Waals surface area (Å²) in [7, 11) is 0. The van der Waals surface area contributed by atoms with Gasteiger partial charge in [0.05, 0.1) is 0 Å². The number of aromatic nitrogens is 4. The van der Waals surface area contributed by atoms with Gasteiger partial charge in [0, 0.05) is 31.0 Å². The SMILES string of the molecule is CCN(CC)c1n[nH]c(-c2ccncc2)n1. The number of H-pyrrole nitrogens is 1. The molecule has 2 aromatic heterocycles. The van der Waals surface area contributed by atoms with E-state index in [4.69, 9.17) is 0 Å². The Bertz CT molecular complexity index is 433. The van der Waals surface area contributed by atoms with E-state index in [-0.39, 0.29) is 0 Å². The molecule has 5 nitrogen and oxygen atoms in total. The Hall–Kier alpha value is -1.91. The third kappa shape index (κ3) is 2.03. The summed E-state index contributed by atoms with van der Waals surface area (Å²) in [6.07, 6.45) is 3.49. The third-order valence-electron chi connectivity index (χ3n) is 2.47. The summed E-state index contributed by atoms with van der Waals surface area (Å²) in [5, 5.41) is 7.14. The largest absolute Gasteiger partial charge is 0.340 e. The van der Waals surface area contributed by atoms with Gasteiger partial charge in [-0.3, -0.25) is 10.1 Å². The first kappa shape index (κ1) is 10.6. The van der Waals surface area contributed by atoms with Gasteiger partial charge in [0.25, 0.3) is 0 Å². The quantitative estimate of drug-likeness (QED) is 0.847. The topological polar surface area (TPSA) is 57.7 Å². The number of aromatic amines is 1. The van der Waals surface area contributed by atoms with Crippen LogP contribution in [0.1, 0.15) is 13.8 Å². The molecule has 0 amide bonds. The minimum atomic E-state index is 0.747. The van der Waals surface area contributed by atoms with Crippen molar-refractivity contribution < 1.29 is 0 Å². The van der Waals surface area contributed by atoms with Gasteiger partial charge < -0.3 is 4.90 Å². The van der Waals surface area contributed by atoms with Gasteiger partial charge in [-0.2, -0.15) is 4.98 Å². The predicted octanol–water partition coefficient (Wildman–Crippen LogP) is 1.71. The zero-order valence-corrected chi connectivity index (χ0v) is 9.51. The average Bonchev–Trinajstić information content (AvgIpc) is 2.81.